The molecule has 2 N–H and O–H groups in total. The summed E-state index contributed by atoms with van der Waals surface area (Å²) in [6.07, 6.45) is 1.12. The van der Waals surface area contributed by atoms with Crippen LogP contribution in [0.2, 0.25) is 0 Å². The van der Waals surface area contributed by atoms with Crippen LogP contribution in [0.5, 0.6) is 0 Å². The number of fused-ring (bicyclic) bond motifs is 3. The van der Waals surface area contributed by atoms with Gasteiger partial charge in [0.1, 0.15) is 18.7 Å². The Morgan fingerprint density at radius 3 is 2.20 bits per heavy atom. The molecule has 2 aliphatic rings. The molecule has 1 aliphatic carbocycles. The normalized spacial score (nSPS) is 19.8. The highest BCUT2D eigenvalue weighted by atomic mass is 16.5. The number of nitrogens with zero attached hydrogens (tertiary/aromatic N) is 1. The van der Waals surface area contributed by atoms with Crippen molar-refractivity contribution in [1.29, 1.82) is 0 Å². The number of hydrogen-bond donors (Lipinski definition) is 2. The molecule has 1 saturated heterocycles. The average Bonchev–Trinajstić information content (AvgIpc) is 3.38. The van der Waals surface area contributed by atoms with Crippen LogP contribution < -0.4 is 5.32 Å². The van der Waals surface area contributed by atoms with Crippen molar-refractivity contribution in [3.8, 4) is 11.1 Å². The second-order valence-corrected chi connectivity index (χ2v) is 10.1. The molecular formula is C28H34N2O5. The number of benzene rings is 2. The number of likely N-dealkylation sites (tertiary alicyclic amines) is 1. The van der Waals surface area contributed by atoms with Crippen molar-refractivity contribution in [3.05, 3.63) is 59.7 Å². The summed E-state index contributed by atoms with van der Waals surface area (Å²) in [4.78, 5) is 39.4. The number of alkyl carbamates (subject to hydrolysis) is 1. The highest BCUT2D eigenvalue weighted by Gasteiger charge is 2.42. The lowest BCUT2D eigenvalue weighted by atomic mass is 9.98. The van der Waals surface area contributed by atoms with E-state index in [1.165, 1.54) is 4.90 Å². The zero-order chi connectivity index (χ0) is 25.1. The fraction of sp³-hybridized carbons (Fsp3) is 0.464. The molecule has 3 atom stereocenters. The van der Waals surface area contributed by atoms with Gasteiger partial charge >= 0.3 is 12.1 Å². The van der Waals surface area contributed by atoms with Crippen LogP contribution >= 0.6 is 0 Å². The Hall–Kier alpha value is -3.35. The van der Waals surface area contributed by atoms with Gasteiger partial charge in [0.2, 0.25) is 5.91 Å². The van der Waals surface area contributed by atoms with Crippen molar-refractivity contribution < 1.29 is 24.2 Å². The Morgan fingerprint density at radius 1 is 1.03 bits per heavy atom. The summed E-state index contributed by atoms with van der Waals surface area (Å²) in [7, 11) is 0. The number of amides is 2. The number of carboxylic acids is 1. The lowest BCUT2D eigenvalue weighted by molar-refractivity contribution is -0.150. The molecule has 1 aliphatic heterocycles. The standard InChI is InChI=1S/C28H34N2O5/c1-17(2)12-13-24(26(31)30-15-14-18(3)25(30)27(32)33)29-28(34)35-16-23-21-10-6-4-8-19(21)20-9-5-7-11-22(20)23/h4-11,17-18,23-25H,12-16H2,1-3H3,(H,29,34)(H,32,33). The van der Waals surface area contributed by atoms with Crippen molar-refractivity contribution in [2.45, 2.75) is 58.0 Å². The number of nitrogens with one attached hydrogen (secondary N) is 1. The second-order valence-electron chi connectivity index (χ2n) is 10.1. The van der Waals surface area contributed by atoms with Gasteiger partial charge in [-0.25, -0.2) is 9.59 Å². The fourth-order valence-electron chi connectivity index (χ4n) is 5.31. The summed E-state index contributed by atoms with van der Waals surface area (Å²) < 4.78 is 5.65. The molecule has 0 spiro atoms. The van der Waals surface area contributed by atoms with Crippen LogP contribution in [0.3, 0.4) is 0 Å². The summed E-state index contributed by atoms with van der Waals surface area (Å²) in [6, 6.07) is 14.5. The van der Waals surface area contributed by atoms with Crippen LogP contribution in [-0.2, 0) is 14.3 Å². The first kappa shape index (κ1) is 24.8. The Bertz CT molecular complexity index is 1050. The van der Waals surface area contributed by atoms with Crippen LogP contribution in [0.4, 0.5) is 4.79 Å². The number of aliphatic carboxylic acids is 1. The molecule has 1 fully saturated rings. The van der Waals surface area contributed by atoms with Gasteiger partial charge < -0.3 is 20.1 Å². The summed E-state index contributed by atoms with van der Waals surface area (Å²) in [6.45, 7) is 6.47. The van der Waals surface area contributed by atoms with Crippen molar-refractivity contribution in [2.75, 3.05) is 13.2 Å². The molecule has 3 unspecified atom stereocenters. The van der Waals surface area contributed by atoms with Crippen LogP contribution in [0.25, 0.3) is 11.1 Å². The van der Waals surface area contributed by atoms with E-state index in [2.05, 4.69) is 29.6 Å². The van der Waals surface area contributed by atoms with Crippen LogP contribution in [0.1, 0.15) is 57.1 Å². The second kappa shape index (κ2) is 10.5. The summed E-state index contributed by atoms with van der Waals surface area (Å²) in [5.41, 5.74) is 4.52. The Labute approximate surface area is 206 Å². The lowest BCUT2D eigenvalue weighted by Gasteiger charge is -2.28. The Kier molecular flexibility index (Phi) is 7.43. The molecule has 2 aromatic rings. The van der Waals surface area contributed by atoms with Crippen LogP contribution in [0, 0.1) is 11.8 Å². The van der Waals surface area contributed by atoms with E-state index < -0.39 is 24.1 Å². The minimum atomic E-state index is -1.01. The van der Waals surface area contributed by atoms with Crippen LogP contribution in [-0.4, -0.2) is 53.2 Å². The molecule has 7 nitrogen and oxygen atoms in total. The predicted molar refractivity (Wildman–Crippen MR) is 133 cm³/mol. The zero-order valence-electron chi connectivity index (χ0n) is 20.6. The first-order valence-electron chi connectivity index (χ1n) is 12.4. The molecule has 0 bridgehead atoms. The van der Waals surface area contributed by atoms with E-state index in [1.54, 1.807) is 0 Å². The van der Waals surface area contributed by atoms with Crippen molar-refractivity contribution in [2.24, 2.45) is 11.8 Å². The molecular weight excluding hydrogens is 444 g/mol. The molecule has 35 heavy (non-hydrogen) atoms. The largest absolute Gasteiger partial charge is 0.480 e. The molecule has 2 aromatic carbocycles. The quantitative estimate of drug-likeness (QED) is 0.576. The van der Waals surface area contributed by atoms with E-state index in [1.807, 2.05) is 45.0 Å². The van der Waals surface area contributed by atoms with E-state index in [9.17, 15) is 19.5 Å². The summed E-state index contributed by atoms with van der Waals surface area (Å²) in [5, 5.41) is 12.4. The first-order valence-corrected chi connectivity index (χ1v) is 12.4. The van der Waals surface area contributed by atoms with E-state index in [0.29, 0.717) is 25.3 Å². The Morgan fingerprint density at radius 2 is 1.63 bits per heavy atom. The van der Waals surface area contributed by atoms with Crippen molar-refractivity contribution in [1.82, 2.24) is 10.2 Å². The number of carbonyl (C=O) groups is 3. The molecule has 4 rings (SSSR count). The number of hydrogen-bond acceptors (Lipinski definition) is 4. The molecule has 7 heteroatoms. The highest BCUT2D eigenvalue weighted by Crippen LogP contribution is 2.44. The molecule has 186 valence electrons. The molecule has 2 amide bonds. The zero-order valence-corrected chi connectivity index (χ0v) is 20.6. The van der Waals surface area contributed by atoms with Gasteiger partial charge in [0.25, 0.3) is 0 Å². The van der Waals surface area contributed by atoms with E-state index in [-0.39, 0.29) is 24.3 Å². The third kappa shape index (κ3) is 5.19. The van der Waals surface area contributed by atoms with Gasteiger partial charge in [-0.05, 0) is 53.4 Å². The molecule has 0 saturated carbocycles. The van der Waals surface area contributed by atoms with Gasteiger partial charge in [-0.2, -0.15) is 0 Å². The highest BCUT2D eigenvalue weighted by molar-refractivity contribution is 5.90. The summed E-state index contributed by atoms with van der Waals surface area (Å²) >= 11 is 0. The van der Waals surface area contributed by atoms with Gasteiger partial charge in [0.15, 0.2) is 0 Å². The smallest absolute Gasteiger partial charge is 0.407 e. The predicted octanol–water partition coefficient (Wildman–Crippen LogP) is 4.65. The Balaban J connectivity index is 1.45. The molecule has 0 radical (unpaired) electrons. The number of ether oxygens (including phenoxy) is 1. The molecule has 1 heterocycles. The van der Waals surface area contributed by atoms with Gasteiger partial charge in [-0.15, -0.1) is 0 Å². The average molecular weight is 479 g/mol. The fourth-order valence-corrected chi connectivity index (χ4v) is 5.31. The van der Waals surface area contributed by atoms with Crippen LogP contribution in [0.15, 0.2) is 48.5 Å². The SMILES string of the molecule is CC(C)CCC(NC(=O)OCC1c2ccccc2-c2ccccc21)C(=O)N1CCC(C)C1C(=O)O. The number of carboxylic acid groups (broad SMARTS) is 1. The van der Waals surface area contributed by atoms with Gasteiger partial charge in [-0.3, -0.25) is 4.79 Å². The number of rotatable bonds is 8. The van der Waals surface area contributed by atoms with E-state index in [0.717, 1.165) is 28.7 Å². The van der Waals surface area contributed by atoms with E-state index >= 15 is 0 Å². The van der Waals surface area contributed by atoms with Crippen molar-refractivity contribution >= 4 is 18.0 Å². The van der Waals surface area contributed by atoms with Gasteiger partial charge in [0, 0.05) is 12.5 Å². The number of carbonyl (C=O) groups excluding carboxylic acids is 2. The molecule has 0 aromatic heterocycles. The maximum Gasteiger partial charge on any atom is 0.407 e. The lowest BCUT2D eigenvalue weighted by Crippen LogP contribution is -2.52. The minimum Gasteiger partial charge on any atom is -0.480 e. The summed E-state index contributed by atoms with van der Waals surface area (Å²) in [5.74, 6) is -1.23. The third-order valence-electron chi connectivity index (χ3n) is 7.20. The van der Waals surface area contributed by atoms with Crippen molar-refractivity contribution in [3.63, 3.8) is 0 Å². The monoisotopic (exact) mass is 478 g/mol. The topological polar surface area (TPSA) is 95.9 Å². The first-order chi connectivity index (χ1) is 16.8. The van der Waals surface area contributed by atoms with Gasteiger partial charge in [-0.1, -0.05) is 69.3 Å². The third-order valence-corrected chi connectivity index (χ3v) is 7.20. The van der Waals surface area contributed by atoms with Gasteiger partial charge in [0.05, 0.1) is 0 Å². The van der Waals surface area contributed by atoms with E-state index in [4.69, 9.17) is 4.74 Å². The minimum absolute atomic E-state index is 0.0752. The maximum atomic E-state index is 13.3. The maximum absolute atomic E-state index is 13.3.